The molecular formula is C11H20N2O5. The number of carbonyl (C=O) groups is 3. The molecule has 7 heteroatoms. The maximum Gasteiger partial charge on any atom is 0.329 e. The zero-order valence-corrected chi connectivity index (χ0v) is 10.5. The van der Waals surface area contributed by atoms with Crippen LogP contribution in [-0.2, 0) is 14.3 Å². The van der Waals surface area contributed by atoms with Crippen molar-refractivity contribution in [2.75, 3.05) is 19.8 Å². The van der Waals surface area contributed by atoms with Crippen molar-refractivity contribution >= 4 is 17.9 Å². The van der Waals surface area contributed by atoms with E-state index in [1.54, 1.807) is 0 Å². The number of hydrogen-bond donors (Lipinski definition) is 3. The molecule has 0 aromatic heterocycles. The van der Waals surface area contributed by atoms with E-state index in [2.05, 4.69) is 17.0 Å². The van der Waals surface area contributed by atoms with E-state index in [1.807, 2.05) is 5.32 Å². The number of ether oxygens (including phenoxy) is 1. The molecule has 0 unspecified atom stereocenters. The van der Waals surface area contributed by atoms with Crippen molar-refractivity contribution in [2.45, 2.75) is 32.6 Å². The first kappa shape index (κ1) is 16.4. The van der Waals surface area contributed by atoms with Crippen LogP contribution in [0.2, 0.25) is 0 Å². The third-order valence-corrected chi connectivity index (χ3v) is 2.03. The standard InChI is InChI=1S/C11H20N2O5/c1-2-3-4-5-6-12-11(17)13-9(14)7-18-8-10(15)16/h2-8H2,1H3,(H,15,16)(H2,12,13,14,17). The first-order chi connectivity index (χ1) is 8.56. The molecule has 0 rings (SSSR count). The van der Waals surface area contributed by atoms with E-state index >= 15 is 0 Å². The summed E-state index contributed by atoms with van der Waals surface area (Å²) in [6, 6.07) is -0.588. The van der Waals surface area contributed by atoms with Crippen LogP contribution in [0.25, 0.3) is 0 Å². The molecule has 0 aliphatic rings. The minimum Gasteiger partial charge on any atom is -0.480 e. The van der Waals surface area contributed by atoms with Gasteiger partial charge in [0.25, 0.3) is 5.91 Å². The van der Waals surface area contributed by atoms with Crippen molar-refractivity contribution < 1.29 is 24.2 Å². The van der Waals surface area contributed by atoms with E-state index < -0.39 is 31.1 Å². The fourth-order valence-corrected chi connectivity index (χ4v) is 1.19. The first-order valence-electron chi connectivity index (χ1n) is 5.93. The lowest BCUT2D eigenvalue weighted by Gasteiger charge is -2.06. The highest BCUT2D eigenvalue weighted by Gasteiger charge is 2.07. The monoisotopic (exact) mass is 260 g/mol. The summed E-state index contributed by atoms with van der Waals surface area (Å²) < 4.78 is 4.52. The van der Waals surface area contributed by atoms with E-state index in [0.717, 1.165) is 25.7 Å². The van der Waals surface area contributed by atoms with Crippen LogP contribution in [0, 0.1) is 0 Å². The Morgan fingerprint density at radius 2 is 1.83 bits per heavy atom. The van der Waals surface area contributed by atoms with Crippen molar-refractivity contribution in [3.05, 3.63) is 0 Å². The molecule has 3 amide bonds. The van der Waals surface area contributed by atoms with Crippen molar-refractivity contribution in [3.8, 4) is 0 Å². The number of unbranched alkanes of at least 4 members (excludes halogenated alkanes) is 3. The number of rotatable bonds is 9. The summed E-state index contributed by atoms with van der Waals surface area (Å²) in [7, 11) is 0. The van der Waals surface area contributed by atoms with Crippen LogP contribution in [0.1, 0.15) is 32.6 Å². The SMILES string of the molecule is CCCCCCNC(=O)NC(=O)COCC(=O)O. The van der Waals surface area contributed by atoms with Crippen LogP contribution in [0.5, 0.6) is 0 Å². The first-order valence-corrected chi connectivity index (χ1v) is 5.93. The maximum absolute atomic E-state index is 11.2. The normalized spacial score (nSPS) is 9.83. The van der Waals surface area contributed by atoms with Gasteiger partial charge in [0.05, 0.1) is 0 Å². The number of imide groups is 1. The second-order valence-corrected chi connectivity index (χ2v) is 3.75. The summed E-state index contributed by atoms with van der Waals surface area (Å²) in [5, 5.41) is 12.8. The molecule has 0 aromatic carbocycles. The van der Waals surface area contributed by atoms with Crippen LogP contribution < -0.4 is 10.6 Å². The number of aliphatic carboxylic acids is 1. The molecule has 0 saturated carbocycles. The number of carboxylic acid groups (broad SMARTS) is 1. The Balaban J connectivity index is 3.49. The molecule has 0 aliphatic heterocycles. The Morgan fingerprint density at radius 3 is 2.44 bits per heavy atom. The Kier molecular flexibility index (Phi) is 9.57. The summed E-state index contributed by atoms with van der Waals surface area (Å²) in [5.41, 5.74) is 0. The van der Waals surface area contributed by atoms with Crippen LogP contribution in [0.15, 0.2) is 0 Å². The van der Waals surface area contributed by atoms with Crippen molar-refractivity contribution in [1.82, 2.24) is 10.6 Å². The molecule has 18 heavy (non-hydrogen) atoms. The fraction of sp³-hybridized carbons (Fsp3) is 0.727. The van der Waals surface area contributed by atoms with Gasteiger partial charge >= 0.3 is 12.0 Å². The van der Waals surface area contributed by atoms with Gasteiger partial charge in [0, 0.05) is 6.54 Å². The van der Waals surface area contributed by atoms with E-state index in [0.29, 0.717) is 6.54 Å². The molecule has 0 heterocycles. The van der Waals surface area contributed by atoms with Crippen LogP contribution >= 0.6 is 0 Å². The quantitative estimate of drug-likeness (QED) is 0.523. The van der Waals surface area contributed by atoms with Gasteiger partial charge in [-0.1, -0.05) is 26.2 Å². The molecule has 0 fully saturated rings. The van der Waals surface area contributed by atoms with E-state index in [9.17, 15) is 14.4 Å². The topological polar surface area (TPSA) is 105 Å². The van der Waals surface area contributed by atoms with Gasteiger partial charge in [0.15, 0.2) is 0 Å². The van der Waals surface area contributed by atoms with Gasteiger partial charge in [-0.3, -0.25) is 10.1 Å². The minimum absolute atomic E-state index is 0.449. The second-order valence-electron chi connectivity index (χ2n) is 3.75. The molecule has 104 valence electrons. The molecule has 0 radical (unpaired) electrons. The van der Waals surface area contributed by atoms with Crippen molar-refractivity contribution in [2.24, 2.45) is 0 Å². The predicted molar refractivity (Wildman–Crippen MR) is 64.1 cm³/mol. The highest BCUT2D eigenvalue weighted by atomic mass is 16.5. The van der Waals surface area contributed by atoms with Gasteiger partial charge in [0.2, 0.25) is 0 Å². The highest BCUT2D eigenvalue weighted by Crippen LogP contribution is 1.96. The molecule has 0 aliphatic carbocycles. The summed E-state index contributed by atoms with van der Waals surface area (Å²) >= 11 is 0. The smallest absolute Gasteiger partial charge is 0.329 e. The summed E-state index contributed by atoms with van der Waals surface area (Å²) in [6.07, 6.45) is 4.13. The third kappa shape index (κ3) is 10.9. The Hall–Kier alpha value is -1.63. The molecule has 0 aromatic rings. The molecule has 0 atom stereocenters. The van der Waals surface area contributed by atoms with Crippen LogP contribution in [0.4, 0.5) is 4.79 Å². The number of carboxylic acids is 1. The van der Waals surface area contributed by atoms with Crippen LogP contribution in [-0.4, -0.2) is 42.8 Å². The predicted octanol–water partition coefficient (Wildman–Crippen LogP) is 0.494. The average molecular weight is 260 g/mol. The molecule has 0 saturated heterocycles. The van der Waals surface area contributed by atoms with Crippen LogP contribution in [0.3, 0.4) is 0 Å². The highest BCUT2D eigenvalue weighted by molar-refractivity contribution is 5.94. The van der Waals surface area contributed by atoms with Gasteiger partial charge < -0.3 is 15.2 Å². The molecule has 3 N–H and O–H groups in total. The van der Waals surface area contributed by atoms with Gasteiger partial charge in [-0.2, -0.15) is 0 Å². The molecule has 7 nitrogen and oxygen atoms in total. The number of urea groups is 1. The van der Waals surface area contributed by atoms with E-state index in [1.165, 1.54) is 0 Å². The summed E-state index contributed by atoms with van der Waals surface area (Å²) in [4.78, 5) is 32.3. The molecule has 0 bridgehead atoms. The molecule has 0 spiro atoms. The second kappa shape index (κ2) is 10.5. The van der Waals surface area contributed by atoms with Gasteiger partial charge in [-0.05, 0) is 6.42 Å². The summed E-state index contributed by atoms with van der Waals surface area (Å²) in [5.74, 6) is -1.83. The number of carbonyl (C=O) groups excluding carboxylic acids is 2. The van der Waals surface area contributed by atoms with Gasteiger partial charge in [-0.25, -0.2) is 9.59 Å². The zero-order valence-electron chi connectivity index (χ0n) is 10.5. The molecular weight excluding hydrogens is 240 g/mol. The van der Waals surface area contributed by atoms with Gasteiger partial charge in [0.1, 0.15) is 13.2 Å². The fourth-order valence-electron chi connectivity index (χ4n) is 1.19. The van der Waals surface area contributed by atoms with Crippen molar-refractivity contribution in [3.63, 3.8) is 0 Å². The largest absolute Gasteiger partial charge is 0.480 e. The maximum atomic E-state index is 11.2. The summed E-state index contributed by atoms with van der Waals surface area (Å²) in [6.45, 7) is 1.59. The number of nitrogens with one attached hydrogen (secondary N) is 2. The van der Waals surface area contributed by atoms with Crippen molar-refractivity contribution in [1.29, 1.82) is 0 Å². The lowest BCUT2D eigenvalue weighted by Crippen LogP contribution is -2.41. The Morgan fingerprint density at radius 1 is 1.11 bits per heavy atom. The lowest BCUT2D eigenvalue weighted by atomic mass is 10.2. The van der Waals surface area contributed by atoms with Gasteiger partial charge in [-0.15, -0.1) is 0 Å². The number of amides is 3. The minimum atomic E-state index is -1.16. The lowest BCUT2D eigenvalue weighted by molar-refractivity contribution is -0.143. The Bertz CT molecular complexity index is 281. The number of hydrogen-bond acceptors (Lipinski definition) is 4. The average Bonchev–Trinajstić information content (AvgIpc) is 2.28. The third-order valence-electron chi connectivity index (χ3n) is 2.03. The van der Waals surface area contributed by atoms with E-state index in [-0.39, 0.29) is 0 Å². The van der Waals surface area contributed by atoms with E-state index in [4.69, 9.17) is 5.11 Å². The Labute approximate surface area is 106 Å². The zero-order chi connectivity index (χ0) is 13.8.